The summed E-state index contributed by atoms with van der Waals surface area (Å²) in [6.45, 7) is 7.12. The van der Waals surface area contributed by atoms with Crippen molar-refractivity contribution in [3.63, 3.8) is 0 Å². The van der Waals surface area contributed by atoms with E-state index in [9.17, 15) is 9.59 Å². The molecule has 0 unspecified atom stereocenters. The molecule has 0 radical (unpaired) electrons. The van der Waals surface area contributed by atoms with E-state index in [1.54, 1.807) is 11.0 Å². The molecule has 1 heterocycles. The van der Waals surface area contributed by atoms with Crippen LogP contribution in [0, 0.1) is 12.8 Å². The summed E-state index contributed by atoms with van der Waals surface area (Å²) in [5.41, 5.74) is 4.78. The summed E-state index contributed by atoms with van der Waals surface area (Å²) >= 11 is 0. The molecule has 152 valence electrons. The highest BCUT2D eigenvalue weighted by Gasteiger charge is 2.29. The lowest BCUT2D eigenvalue weighted by atomic mass is 9.96. The third-order valence-electron chi connectivity index (χ3n) is 4.86. The summed E-state index contributed by atoms with van der Waals surface area (Å²) in [4.78, 5) is 33.5. The van der Waals surface area contributed by atoms with Crippen LogP contribution in [0.2, 0.25) is 0 Å². The summed E-state index contributed by atoms with van der Waals surface area (Å²) < 4.78 is 0. The fraction of sp³-hybridized carbons (Fsp3) is 0.348. The second kappa shape index (κ2) is 8.47. The van der Waals surface area contributed by atoms with Gasteiger partial charge in [-0.3, -0.25) is 4.79 Å². The zero-order valence-electron chi connectivity index (χ0n) is 17.7. The molecule has 0 saturated heterocycles. The molecule has 1 aliphatic heterocycles. The van der Waals surface area contributed by atoms with Gasteiger partial charge in [-0.25, -0.2) is 4.79 Å². The van der Waals surface area contributed by atoms with Gasteiger partial charge in [0.2, 0.25) is 0 Å². The molecule has 0 aromatic heterocycles. The van der Waals surface area contributed by atoms with Crippen molar-refractivity contribution in [3.05, 3.63) is 59.2 Å². The summed E-state index contributed by atoms with van der Waals surface area (Å²) in [6, 6.07) is 12.7. The molecule has 3 rings (SSSR count). The zero-order valence-corrected chi connectivity index (χ0v) is 17.7. The van der Waals surface area contributed by atoms with Gasteiger partial charge in [0.25, 0.3) is 5.91 Å². The number of nitrogens with one attached hydrogen (secondary N) is 1. The summed E-state index contributed by atoms with van der Waals surface area (Å²) in [5.74, 6) is 0.319. The van der Waals surface area contributed by atoms with Crippen LogP contribution in [0.1, 0.15) is 35.3 Å². The molecule has 0 aliphatic carbocycles. The van der Waals surface area contributed by atoms with E-state index in [1.807, 2.05) is 62.3 Å². The molecule has 6 heteroatoms. The van der Waals surface area contributed by atoms with Crippen molar-refractivity contribution in [2.75, 3.05) is 37.4 Å². The predicted molar refractivity (Wildman–Crippen MR) is 118 cm³/mol. The third-order valence-corrected chi connectivity index (χ3v) is 4.86. The number of urea groups is 1. The maximum Gasteiger partial charge on any atom is 0.345 e. The Morgan fingerprint density at radius 1 is 1.17 bits per heavy atom. The van der Waals surface area contributed by atoms with Gasteiger partial charge in [0, 0.05) is 43.1 Å². The fourth-order valence-corrected chi connectivity index (χ4v) is 3.56. The number of benzene rings is 2. The van der Waals surface area contributed by atoms with Crippen molar-refractivity contribution in [1.29, 1.82) is 0 Å². The molecule has 2 aromatic carbocycles. The zero-order chi connectivity index (χ0) is 21.1. The number of aliphatic imine (C=N–C) groups is 1. The summed E-state index contributed by atoms with van der Waals surface area (Å²) in [6.07, 6.45) is 0. The van der Waals surface area contributed by atoms with E-state index in [-0.39, 0.29) is 5.91 Å². The lowest BCUT2D eigenvalue weighted by molar-refractivity contribution is 0.0755. The first-order chi connectivity index (χ1) is 13.8. The van der Waals surface area contributed by atoms with Crippen molar-refractivity contribution in [2.45, 2.75) is 20.8 Å². The van der Waals surface area contributed by atoms with Crippen LogP contribution in [0.15, 0.2) is 47.5 Å². The van der Waals surface area contributed by atoms with Crippen LogP contribution in [0.4, 0.5) is 16.2 Å². The second-order valence-corrected chi connectivity index (χ2v) is 8.01. The highest BCUT2D eigenvalue weighted by Crippen LogP contribution is 2.23. The van der Waals surface area contributed by atoms with Crippen molar-refractivity contribution in [2.24, 2.45) is 10.9 Å². The van der Waals surface area contributed by atoms with Gasteiger partial charge < -0.3 is 15.1 Å². The smallest absolute Gasteiger partial charge is 0.345 e. The van der Waals surface area contributed by atoms with Crippen LogP contribution in [-0.4, -0.2) is 49.7 Å². The van der Waals surface area contributed by atoms with E-state index in [2.05, 4.69) is 24.2 Å². The average Bonchev–Trinajstić information content (AvgIpc) is 2.66. The van der Waals surface area contributed by atoms with E-state index in [1.165, 1.54) is 0 Å². The molecule has 0 saturated carbocycles. The highest BCUT2D eigenvalue weighted by atomic mass is 16.2. The van der Waals surface area contributed by atoms with Crippen LogP contribution in [-0.2, 0) is 0 Å². The molecule has 2 aromatic rings. The Bertz CT molecular complexity index is 963. The number of hydrogen-bond acceptors (Lipinski definition) is 3. The third kappa shape index (κ3) is 4.65. The fourth-order valence-electron chi connectivity index (χ4n) is 3.56. The van der Waals surface area contributed by atoms with Crippen LogP contribution < -0.4 is 10.2 Å². The Kier molecular flexibility index (Phi) is 6.01. The van der Waals surface area contributed by atoms with Crippen LogP contribution in [0.3, 0.4) is 0 Å². The minimum Gasteiger partial charge on any atom is -0.377 e. The van der Waals surface area contributed by atoms with Gasteiger partial charge in [0.1, 0.15) is 0 Å². The number of carbonyl (C=O) groups is 2. The number of nitrogens with zero attached hydrogens (tertiary/aromatic N) is 3. The molecular weight excluding hydrogens is 364 g/mol. The van der Waals surface area contributed by atoms with Gasteiger partial charge >= 0.3 is 6.03 Å². The standard InChI is InChI=1S/C23H28N4O2/c1-15(2)13-27-14-20(18-8-6-7-9-19(18)22(27)28)25-23(29)24-17-11-10-16(3)21(12-17)26(4)5/h6-12,15H,13-14H2,1-5H3,(H,24,29). The van der Waals surface area contributed by atoms with Gasteiger partial charge in [-0.05, 0) is 36.6 Å². The van der Waals surface area contributed by atoms with Gasteiger partial charge in [-0.15, -0.1) is 0 Å². The first-order valence-electron chi connectivity index (χ1n) is 9.81. The minimum absolute atomic E-state index is 0.0113. The molecule has 1 N–H and O–H groups in total. The number of fused-ring (bicyclic) bond motifs is 1. The van der Waals surface area contributed by atoms with Crippen LogP contribution in [0.25, 0.3) is 0 Å². The molecule has 0 atom stereocenters. The van der Waals surface area contributed by atoms with Crippen molar-refractivity contribution < 1.29 is 9.59 Å². The topological polar surface area (TPSA) is 65.0 Å². The SMILES string of the molecule is Cc1ccc(NC(=O)N=C2CN(CC(C)C)C(=O)c3ccccc32)cc1N(C)C. The predicted octanol–water partition coefficient (Wildman–Crippen LogP) is 4.19. The van der Waals surface area contributed by atoms with Crippen LogP contribution >= 0.6 is 0 Å². The number of aryl methyl sites for hydroxylation is 1. The average molecular weight is 393 g/mol. The summed E-state index contributed by atoms with van der Waals surface area (Å²) in [7, 11) is 3.93. The second-order valence-electron chi connectivity index (χ2n) is 8.01. The first-order valence-corrected chi connectivity index (χ1v) is 9.81. The molecular formula is C23H28N4O2. The molecule has 0 spiro atoms. The Morgan fingerprint density at radius 2 is 1.86 bits per heavy atom. The quantitative estimate of drug-likeness (QED) is 0.848. The summed E-state index contributed by atoms with van der Waals surface area (Å²) in [5, 5.41) is 2.85. The number of rotatable bonds is 4. The highest BCUT2D eigenvalue weighted by molar-refractivity contribution is 6.18. The van der Waals surface area contributed by atoms with Gasteiger partial charge in [0.05, 0.1) is 12.3 Å². The van der Waals surface area contributed by atoms with Gasteiger partial charge in [-0.2, -0.15) is 4.99 Å². The number of amides is 3. The monoisotopic (exact) mass is 392 g/mol. The maximum atomic E-state index is 12.8. The van der Waals surface area contributed by atoms with E-state index in [0.717, 1.165) is 16.8 Å². The van der Waals surface area contributed by atoms with E-state index in [0.29, 0.717) is 36.0 Å². The normalized spacial score (nSPS) is 14.9. The van der Waals surface area contributed by atoms with E-state index >= 15 is 0 Å². The van der Waals surface area contributed by atoms with Gasteiger partial charge in [-0.1, -0.05) is 38.1 Å². The van der Waals surface area contributed by atoms with Gasteiger partial charge in [0.15, 0.2) is 0 Å². The molecule has 3 amide bonds. The van der Waals surface area contributed by atoms with E-state index < -0.39 is 6.03 Å². The molecule has 0 bridgehead atoms. The molecule has 6 nitrogen and oxygen atoms in total. The lowest BCUT2D eigenvalue weighted by Gasteiger charge is -2.30. The Labute approximate surface area is 172 Å². The van der Waals surface area contributed by atoms with Crippen LogP contribution in [0.5, 0.6) is 0 Å². The maximum absolute atomic E-state index is 12.8. The first kappa shape index (κ1) is 20.6. The Hall–Kier alpha value is -3.15. The van der Waals surface area contributed by atoms with Crippen molar-refractivity contribution in [1.82, 2.24) is 4.90 Å². The van der Waals surface area contributed by atoms with E-state index in [4.69, 9.17) is 0 Å². The Morgan fingerprint density at radius 3 is 2.52 bits per heavy atom. The van der Waals surface area contributed by atoms with Crippen molar-refractivity contribution in [3.8, 4) is 0 Å². The number of anilines is 2. The molecule has 0 fully saturated rings. The minimum atomic E-state index is -0.442. The number of hydrogen-bond donors (Lipinski definition) is 1. The number of carbonyl (C=O) groups excluding carboxylic acids is 2. The van der Waals surface area contributed by atoms with Crippen molar-refractivity contribution >= 4 is 29.0 Å². The molecule has 29 heavy (non-hydrogen) atoms. The molecule has 1 aliphatic rings. The largest absolute Gasteiger partial charge is 0.377 e. The Balaban J connectivity index is 1.88. The lowest BCUT2D eigenvalue weighted by Crippen LogP contribution is -2.43.